The molecule has 1 aromatic rings. The summed E-state index contributed by atoms with van der Waals surface area (Å²) in [6.07, 6.45) is 0. The van der Waals surface area contributed by atoms with Crippen LogP contribution in [0.5, 0.6) is 11.5 Å². The van der Waals surface area contributed by atoms with Crippen LogP contribution in [0.2, 0.25) is 0 Å². The highest BCUT2D eigenvalue weighted by Gasteiger charge is 2.15. The fourth-order valence-corrected chi connectivity index (χ4v) is 1.85. The first kappa shape index (κ1) is 10.9. The molecule has 3 N–H and O–H groups in total. The van der Waals surface area contributed by atoms with Gasteiger partial charge in [-0.2, -0.15) is 0 Å². The van der Waals surface area contributed by atoms with Gasteiger partial charge < -0.3 is 15.6 Å². The monoisotopic (exact) mass is 195 g/mol. The first-order chi connectivity index (χ1) is 6.49. The zero-order valence-electron chi connectivity index (χ0n) is 9.09. The Bertz CT molecular complexity index is 346. The van der Waals surface area contributed by atoms with E-state index in [0.717, 1.165) is 22.4 Å². The van der Waals surface area contributed by atoms with E-state index in [1.807, 2.05) is 20.8 Å². The number of nitrogens with two attached hydrogens (primary N) is 1. The lowest BCUT2D eigenvalue weighted by molar-refractivity contribution is 0.402. The molecule has 0 amide bonds. The maximum atomic E-state index is 9.73. The van der Waals surface area contributed by atoms with E-state index in [4.69, 9.17) is 10.5 Å². The van der Waals surface area contributed by atoms with Gasteiger partial charge in [0.25, 0.3) is 0 Å². The maximum Gasteiger partial charge on any atom is 0.125 e. The number of rotatable bonds is 2. The summed E-state index contributed by atoms with van der Waals surface area (Å²) in [6, 6.07) is 1.49. The Labute approximate surface area is 84.5 Å². The van der Waals surface area contributed by atoms with Crippen LogP contribution in [0.1, 0.15) is 29.7 Å². The summed E-state index contributed by atoms with van der Waals surface area (Å²) in [5, 5.41) is 9.73. The number of benzene rings is 1. The van der Waals surface area contributed by atoms with Gasteiger partial charge in [0, 0.05) is 11.6 Å². The van der Waals surface area contributed by atoms with Crippen molar-refractivity contribution >= 4 is 0 Å². The molecule has 1 rings (SSSR count). The molecular weight excluding hydrogens is 178 g/mol. The van der Waals surface area contributed by atoms with Gasteiger partial charge >= 0.3 is 0 Å². The highest BCUT2D eigenvalue weighted by molar-refractivity contribution is 5.53. The molecule has 0 aromatic heterocycles. The van der Waals surface area contributed by atoms with Gasteiger partial charge in [-0.05, 0) is 38.0 Å². The Hall–Kier alpha value is -1.22. The number of ether oxygens (including phenoxy) is 1. The molecule has 0 heterocycles. The lowest BCUT2D eigenvalue weighted by atomic mass is 9.98. The van der Waals surface area contributed by atoms with Crippen LogP contribution >= 0.6 is 0 Å². The molecule has 0 fully saturated rings. The molecule has 0 spiro atoms. The van der Waals surface area contributed by atoms with Crippen LogP contribution in [0, 0.1) is 13.8 Å². The number of methoxy groups -OCH3 is 1. The highest BCUT2D eigenvalue weighted by Crippen LogP contribution is 2.35. The second-order valence-electron chi connectivity index (χ2n) is 3.57. The second kappa shape index (κ2) is 3.88. The van der Waals surface area contributed by atoms with E-state index in [1.54, 1.807) is 13.2 Å². The molecule has 1 aromatic carbocycles. The van der Waals surface area contributed by atoms with Crippen molar-refractivity contribution in [3.05, 3.63) is 22.8 Å². The largest absolute Gasteiger partial charge is 0.508 e. The van der Waals surface area contributed by atoms with Crippen molar-refractivity contribution in [2.45, 2.75) is 26.8 Å². The van der Waals surface area contributed by atoms with Crippen LogP contribution in [0.3, 0.4) is 0 Å². The van der Waals surface area contributed by atoms with Gasteiger partial charge in [0.05, 0.1) is 7.11 Å². The number of hydrogen-bond acceptors (Lipinski definition) is 3. The minimum atomic E-state index is -0.190. The van der Waals surface area contributed by atoms with Crippen molar-refractivity contribution in [2.75, 3.05) is 7.11 Å². The van der Waals surface area contributed by atoms with E-state index < -0.39 is 0 Å². The molecule has 0 unspecified atom stereocenters. The van der Waals surface area contributed by atoms with Crippen molar-refractivity contribution < 1.29 is 9.84 Å². The third-order valence-electron chi connectivity index (χ3n) is 2.39. The Morgan fingerprint density at radius 1 is 1.43 bits per heavy atom. The molecule has 0 aliphatic carbocycles. The van der Waals surface area contributed by atoms with Crippen molar-refractivity contribution in [1.82, 2.24) is 0 Å². The van der Waals surface area contributed by atoms with Crippen LogP contribution in [0.15, 0.2) is 6.07 Å². The van der Waals surface area contributed by atoms with Crippen molar-refractivity contribution in [1.29, 1.82) is 0 Å². The van der Waals surface area contributed by atoms with E-state index in [2.05, 4.69) is 0 Å². The summed E-state index contributed by atoms with van der Waals surface area (Å²) in [4.78, 5) is 0. The summed E-state index contributed by atoms with van der Waals surface area (Å²) < 4.78 is 5.25. The Kier molecular flexibility index (Phi) is 3.01. The van der Waals surface area contributed by atoms with Gasteiger partial charge in [0.15, 0.2) is 0 Å². The molecule has 14 heavy (non-hydrogen) atoms. The number of hydrogen-bond donors (Lipinski definition) is 2. The normalized spacial score (nSPS) is 12.6. The van der Waals surface area contributed by atoms with Crippen LogP contribution in [0.4, 0.5) is 0 Å². The molecular formula is C11H17NO2. The average molecular weight is 195 g/mol. The SMILES string of the molecule is COc1c(C)cc(O)c([C@@H](C)N)c1C. The van der Waals surface area contributed by atoms with Crippen molar-refractivity contribution in [3.8, 4) is 11.5 Å². The van der Waals surface area contributed by atoms with Gasteiger partial charge in [0.2, 0.25) is 0 Å². The highest BCUT2D eigenvalue weighted by atomic mass is 16.5. The maximum absolute atomic E-state index is 9.73. The quantitative estimate of drug-likeness (QED) is 0.759. The third kappa shape index (κ3) is 1.68. The summed E-state index contributed by atoms with van der Waals surface area (Å²) in [6.45, 7) is 5.65. The molecule has 0 aliphatic rings. The van der Waals surface area contributed by atoms with E-state index in [9.17, 15) is 5.11 Å². The molecule has 0 saturated heterocycles. The lowest BCUT2D eigenvalue weighted by Gasteiger charge is -2.17. The average Bonchev–Trinajstić information content (AvgIpc) is 2.02. The van der Waals surface area contributed by atoms with Crippen molar-refractivity contribution in [2.24, 2.45) is 5.73 Å². The minimum absolute atomic E-state index is 0.190. The Morgan fingerprint density at radius 3 is 2.43 bits per heavy atom. The number of aryl methyl sites for hydroxylation is 1. The zero-order chi connectivity index (χ0) is 10.9. The van der Waals surface area contributed by atoms with Gasteiger partial charge in [-0.25, -0.2) is 0 Å². The minimum Gasteiger partial charge on any atom is -0.508 e. The van der Waals surface area contributed by atoms with E-state index >= 15 is 0 Å². The molecule has 0 aliphatic heterocycles. The summed E-state index contributed by atoms with van der Waals surface area (Å²) in [7, 11) is 1.62. The first-order valence-electron chi connectivity index (χ1n) is 4.61. The molecule has 3 heteroatoms. The lowest BCUT2D eigenvalue weighted by Crippen LogP contribution is -2.08. The molecule has 78 valence electrons. The number of phenolic OH excluding ortho intramolecular Hbond substituents is 1. The zero-order valence-corrected chi connectivity index (χ0v) is 9.09. The molecule has 3 nitrogen and oxygen atoms in total. The standard InChI is InChI=1S/C11H17NO2/c1-6-5-9(13)10(8(3)12)7(2)11(6)14-4/h5,8,13H,12H2,1-4H3/t8-/m1/s1. The summed E-state index contributed by atoms with van der Waals surface area (Å²) in [5.41, 5.74) is 8.37. The molecule has 1 atom stereocenters. The van der Waals surface area contributed by atoms with Gasteiger partial charge in [0.1, 0.15) is 11.5 Å². The number of phenols is 1. The van der Waals surface area contributed by atoms with E-state index in [1.165, 1.54) is 0 Å². The summed E-state index contributed by atoms with van der Waals surface area (Å²) >= 11 is 0. The predicted octanol–water partition coefficient (Wildman–Crippen LogP) is 2.04. The molecule has 0 bridgehead atoms. The fourth-order valence-electron chi connectivity index (χ4n) is 1.85. The Balaban J connectivity index is 3.44. The predicted molar refractivity (Wildman–Crippen MR) is 56.7 cm³/mol. The first-order valence-corrected chi connectivity index (χ1v) is 4.61. The summed E-state index contributed by atoms with van der Waals surface area (Å²) in [5.74, 6) is 1.05. The van der Waals surface area contributed by atoms with Gasteiger partial charge in [-0.1, -0.05) is 0 Å². The van der Waals surface area contributed by atoms with Crippen LogP contribution in [-0.4, -0.2) is 12.2 Å². The van der Waals surface area contributed by atoms with E-state index in [-0.39, 0.29) is 11.8 Å². The van der Waals surface area contributed by atoms with Crippen LogP contribution in [-0.2, 0) is 0 Å². The number of aromatic hydroxyl groups is 1. The van der Waals surface area contributed by atoms with Crippen LogP contribution < -0.4 is 10.5 Å². The molecule has 0 saturated carbocycles. The second-order valence-corrected chi connectivity index (χ2v) is 3.57. The third-order valence-corrected chi connectivity index (χ3v) is 2.39. The van der Waals surface area contributed by atoms with Crippen molar-refractivity contribution in [3.63, 3.8) is 0 Å². The van der Waals surface area contributed by atoms with Crippen LogP contribution in [0.25, 0.3) is 0 Å². The molecule has 0 radical (unpaired) electrons. The van der Waals surface area contributed by atoms with E-state index in [0.29, 0.717) is 0 Å². The smallest absolute Gasteiger partial charge is 0.125 e. The fraction of sp³-hybridized carbons (Fsp3) is 0.455. The topological polar surface area (TPSA) is 55.5 Å². The van der Waals surface area contributed by atoms with Gasteiger partial charge in [-0.3, -0.25) is 0 Å². The van der Waals surface area contributed by atoms with Gasteiger partial charge in [-0.15, -0.1) is 0 Å². The Morgan fingerprint density at radius 2 is 2.00 bits per heavy atom.